The average Bonchev–Trinajstić information content (AvgIpc) is 3.64. The first kappa shape index (κ1) is 22.9. The van der Waals surface area contributed by atoms with Crippen LogP contribution < -0.4 is 4.90 Å². The minimum atomic E-state index is -0.874. The molecule has 2 amide bonds. The summed E-state index contributed by atoms with van der Waals surface area (Å²) in [4.78, 5) is 59.0. The molecule has 0 saturated carbocycles. The summed E-state index contributed by atoms with van der Waals surface area (Å²) < 4.78 is 4.98. The van der Waals surface area contributed by atoms with E-state index < -0.39 is 41.7 Å². The standard InChI is InChI=1S/C27H22N2O5S2/c1-13-14(2)36-26(18(13)27(33)34-3)29-24(31)19-20(25(29)32)22(23(30)17-9-6-12-35-17)28-11-10-15-7-4-5-8-16(15)21(19)28/h4-12,19-22H,1-3H3/t19-,20+,21+,22+/m0/s1. The van der Waals surface area contributed by atoms with Gasteiger partial charge >= 0.3 is 5.97 Å². The first-order valence-electron chi connectivity index (χ1n) is 11.5. The number of esters is 1. The van der Waals surface area contributed by atoms with Crippen LogP contribution in [-0.2, 0) is 14.3 Å². The van der Waals surface area contributed by atoms with Crippen LogP contribution in [-0.4, -0.2) is 41.6 Å². The molecule has 0 N–H and O–H groups in total. The van der Waals surface area contributed by atoms with E-state index in [2.05, 4.69) is 0 Å². The minimum Gasteiger partial charge on any atom is -0.465 e. The van der Waals surface area contributed by atoms with E-state index in [9.17, 15) is 19.2 Å². The molecule has 2 saturated heterocycles. The highest BCUT2D eigenvalue weighted by Gasteiger charge is 2.65. The van der Waals surface area contributed by atoms with Crippen LogP contribution in [0.15, 0.2) is 48.0 Å². The molecule has 0 aliphatic carbocycles. The van der Waals surface area contributed by atoms with Crippen LogP contribution in [0.3, 0.4) is 0 Å². The number of rotatable bonds is 4. The molecule has 3 aliphatic heterocycles. The van der Waals surface area contributed by atoms with Crippen molar-refractivity contribution in [1.82, 2.24) is 4.90 Å². The lowest BCUT2D eigenvalue weighted by molar-refractivity contribution is -0.123. The lowest BCUT2D eigenvalue weighted by Crippen LogP contribution is -2.44. The first-order chi connectivity index (χ1) is 17.3. The van der Waals surface area contributed by atoms with Crippen molar-refractivity contribution in [3.63, 3.8) is 0 Å². The Labute approximate surface area is 215 Å². The highest BCUT2D eigenvalue weighted by molar-refractivity contribution is 7.17. The molecule has 2 aromatic heterocycles. The second-order valence-electron chi connectivity index (χ2n) is 9.14. The van der Waals surface area contributed by atoms with Crippen LogP contribution in [0.4, 0.5) is 5.00 Å². The number of anilines is 1. The van der Waals surface area contributed by atoms with E-state index in [1.807, 2.05) is 53.7 Å². The van der Waals surface area contributed by atoms with Gasteiger partial charge in [0, 0.05) is 11.1 Å². The van der Waals surface area contributed by atoms with Gasteiger partial charge in [0.15, 0.2) is 5.78 Å². The number of methoxy groups -OCH3 is 1. The molecular formula is C27H22N2O5S2. The third-order valence-electron chi connectivity index (χ3n) is 7.45. The van der Waals surface area contributed by atoms with Gasteiger partial charge in [-0.25, -0.2) is 9.69 Å². The minimum absolute atomic E-state index is 0.179. The fourth-order valence-corrected chi connectivity index (χ4v) is 7.58. The molecule has 0 bridgehead atoms. The Morgan fingerprint density at radius 2 is 1.75 bits per heavy atom. The van der Waals surface area contributed by atoms with E-state index in [1.165, 1.54) is 29.8 Å². The summed E-state index contributed by atoms with van der Waals surface area (Å²) in [6.45, 7) is 3.62. The summed E-state index contributed by atoms with van der Waals surface area (Å²) in [5, 5.41) is 2.10. The number of hydrogen-bond donors (Lipinski definition) is 0. The molecular weight excluding hydrogens is 496 g/mol. The molecule has 0 radical (unpaired) electrons. The van der Waals surface area contributed by atoms with Gasteiger partial charge in [-0.05, 0) is 48.1 Å². The lowest BCUT2D eigenvalue weighted by atomic mass is 9.84. The van der Waals surface area contributed by atoms with E-state index in [1.54, 1.807) is 19.1 Å². The summed E-state index contributed by atoms with van der Waals surface area (Å²) in [6.07, 6.45) is 3.77. The number of aryl methyl sites for hydroxylation is 1. The van der Waals surface area contributed by atoms with Gasteiger partial charge in [0.1, 0.15) is 11.0 Å². The van der Waals surface area contributed by atoms with Crippen LogP contribution >= 0.6 is 22.7 Å². The number of ether oxygens (including phenoxy) is 1. The molecule has 4 atom stereocenters. The monoisotopic (exact) mass is 518 g/mol. The number of ketones is 1. The molecule has 0 spiro atoms. The van der Waals surface area contributed by atoms with Crippen molar-refractivity contribution < 1.29 is 23.9 Å². The van der Waals surface area contributed by atoms with Gasteiger partial charge in [0.2, 0.25) is 11.8 Å². The van der Waals surface area contributed by atoms with Gasteiger partial charge in [0.05, 0.1) is 35.4 Å². The molecule has 2 fully saturated rings. The number of benzene rings is 1. The second-order valence-corrected chi connectivity index (χ2v) is 11.3. The summed E-state index contributed by atoms with van der Waals surface area (Å²) in [6, 6.07) is 10.0. The predicted molar refractivity (Wildman–Crippen MR) is 137 cm³/mol. The number of Topliss-reactive ketones (excluding diaryl/α,β-unsaturated/α-hetero) is 1. The van der Waals surface area contributed by atoms with Crippen molar-refractivity contribution in [2.24, 2.45) is 11.8 Å². The number of carbonyl (C=O) groups excluding carboxylic acids is 4. The van der Waals surface area contributed by atoms with Gasteiger partial charge in [-0.15, -0.1) is 22.7 Å². The maximum atomic E-state index is 14.1. The SMILES string of the molecule is COC(=O)c1c(N2C(=O)[C@@H]3[C@H](C2=O)[C@H]2c4ccccc4C=CN2[C@H]3C(=O)c2cccs2)sc(C)c1C. The normalized spacial score (nSPS) is 24.1. The summed E-state index contributed by atoms with van der Waals surface area (Å²) in [5.74, 6) is -3.25. The number of imide groups is 1. The molecule has 7 nitrogen and oxygen atoms in total. The van der Waals surface area contributed by atoms with E-state index in [0.717, 1.165) is 20.9 Å². The Morgan fingerprint density at radius 3 is 2.47 bits per heavy atom. The summed E-state index contributed by atoms with van der Waals surface area (Å²) in [7, 11) is 1.28. The number of amides is 2. The Morgan fingerprint density at radius 1 is 1.00 bits per heavy atom. The zero-order valence-corrected chi connectivity index (χ0v) is 21.4. The average molecular weight is 519 g/mol. The molecule has 182 valence electrons. The molecule has 36 heavy (non-hydrogen) atoms. The van der Waals surface area contributed by atoms with E-state index in [4.69, 9.17) is 4.74 Å². The lowest BCUT2D eigenvalue weighted by Gasteiger charge is -2.35. The van der Waals surface area contributed by atoms with Crippen LogP contribution in [0.25, 0.3) is 6.08 Å². The van der Waals surface area contributed by atoms with E-state index >= 15 is 0 Å². The highest BCUT2D eigenvalue weighted by Crippen LogP contribution is 2.55. The fraction of sp³-hybridized carbons (Fsp3) is 0.259. The zero-order chi connectivity index (χ0) is 25.3. The molecule has 9 heteroatoms. The fourth-order valence-electron chi connectivity index (χ4n) is 5.73. The van der Waals surface area contributed by atoms with Gasteiger partial charge in [0.25, 0.3) is 0 Å². The largest absolute Gasteiger partial charge is 0.465 e. The van der Waals surface area contributed by atoms with Gasteiger partial charge in [-0.1, -0.05) is 30.3 Å². The van der Waals surface area contributed by atoms with E-state index in [0.29, 0.717) is 10.4 Å². The van der Waals surface area contributed by atoms with E-state index in [-0.39, 0.29) is 16.3 Å². The van der Waals surface area contributed by atoms with Crippen molar-refractivity contribution >= 4 is 57.3 Å². The topological polar surface area (TPSA) is 84.0 Å². The van der Waals surface area contributed by atoms with Crippen molar-refractivity contribution in [3.05, 3.63) is 80.0 Å². The zero-order valence-electron chi connectivity index (χ0n) is 19.8. The number of thiophene rings is 2. The van der Waals surface area contributed by atoms with Gasteiger partial charge < -0.3 is 9.64 Å². The first-order valence-corrected chi connectivity index (χ1v) is 13.2. The Balaban J connectivity index is 1.52. The highest BCUT2D eigenvalue weighted by atomic mass is 32.1. The number of carbonyl (C=O) groups is 4. The van der Waals surface area contributed by atoms with Crippen LogP contribution in [0.2, 0.25) is 0 Å². The summed E-state index contributed by atoms with van der Waals surface area (Å²) in [5.41, 5.74) is 2.77. The Kier molecular flexibility index (Phi) is 5.24. The summed E-state index contributed by atoms with van der Waals surface area (Å²) >= 11 is 2.55. The molecule has 6 rings (SSSR count). The van der Waals surface area contributed by atoms with Crippen molar-refractivity contribution in [2.45, 2.75) is 25.9 Å². The van der Waals surface area contributed by atoms with Crippen LogP contribution in [0.1, 0.15) is 47.6 Å². The van der Waals surface area contributed by atoms with Crippen molar-refractivity contribution in [1.29, 1.82) is 0 Å². The molecule has 1 aromatic carbocycles. The maximum absolute atomic E-state index is 14.1. The maximum Gasteiger partial charge on any atom is 0.341 e. The number of hydrogen-bond acceptors (Lipinski definition) is 8. The van der Waals surface area contributed by atoms with Crippen LogP contribution in [0.5, 0.6) is 0 Å². The number of fused-ring (bicyclic) bond motifs is 5. The molecule has 5 heterocycles. The Hall–Kier alpha value is -3.56. The molecule has 3 aliphatic rings. The van der Waals surface area contributed by atoms with Crippen molar-refractivity contribution in [2.75, 3.05) is 12.0 Å². The van der Waals surface area contributed by atoms with Crippen LogP contribution in [0, 0.1) is 25.7 Å². The molecule has 0 unspecified atom stereocenters. The quantitative estimate of drug-likeness (QED) is 0.285. The third kappa shape index (κ3) is 3.02. The van der Waals surface area contributed by atoms with Gasteiger partial charge in [-0.2, -0.15) is 0 Å². The van der Waals surface area contributed by atoms with Gasteiger partial charge in [-0.3, -0.25) is 14.4 Å². The van der Waals surface area contributed by atoms with Crippen molar-refractivity contribution in [3.8, 4) is 0 Å². The second kappa shape index (κ2) is 8.25. The molecule has 3 aromatic rings. The predicted octanol–water partition coefficient (Wildman–Crippen LogP) is 4.61. The smallest absolute Gasteiger partial charge is 0.341 e. The number of nitrogens with zero attached hydrogens (tertiary/aromatic N) is 2. The Bertz CT molecular complexity index is 1470. The third-order valence-corrected chi connectivity index (χ3v) is 9.53.